The lowest BCUT2D eigenvalue weighted by Crippen LogP contribution is -2.45. The number of hydrogen-bond acceptors (Lipinski definition) is 2. The Morgan fingerprint density at radius 2 is 2.23 bits per heavy atom. The fraction of sp³-hybridized carbons (Fsp3) is 0.368. The van der Waals surface area contributed by atoms with Gasteiger partial charge in [-0.1, -0.05) is 17.7 Å². The molecule has 2 aliphatic heterocycles. The van der Waals surface area contributed by atoms with Crippen molar-refractivity contribution in [3.63, 3.8) is 0 Å². The average molecular weight is 370 g/mol. The normalized spacial score (nSPS) is 21.7. The summed E-state index contributed by atoms with van der Waals surface area (Å²) in [5.41, 5.74) is 2.26. The molecule has 1 N–H and O–H groups in total. The maximum Gasteiger partial charge on any atom is 0.318 e. The minimum Gasteiger partial charge on any atom is -0.341 e. The number of aromatic nitrogens is 3. The molecule has 5 rings (SSSR count). The van der Waals surface area contributed by atoms with Crippen LogP contribution in [0, 0.1) is 0 Å². The van der Waals surface area contributed by atoms with Crippen LogP contribution < -0.4 is 5.32 Å². The summed E-state index contributed by atoms with van der Waals surface area (Å²) in [5, 5.41) is 4.98. The zero-order valence-electron chi connectivity index (χ0n) is 14.5. The van der Waals surface area contributed by atoms with Gasteiger partial charge in [-0.05, 0) is 31.5 Å². The Morgan fingerprint density at radius 1 is 1.35 bits per heavy atom. The maximum absolute atomic E-state index is 12.8. The number of urea groups is 1. The van der Waals surface area contributed by atoms with Crippen LogP contribution in [0.15, 0.2) is 36.7 Å². The molecule has 0 saturated carbocycles. The number of benzene rings is 1. The second-order valence-electron chi connectivity index (χ2n) is 7.16. The number of hydrogen-bond donors (Lipinski definition) is 1. The molecule has 3 aromatic rings. The average Bonchev–Trinajstić information content (AvgIpc) is 3.31. The summed E-state index contributed by atoms with van der Waals surface area (Å²) < 4.78 is 4.40. The summed E-state index contributed by atoms with van der Waals surface area (Å²) in [7, 11) is 0. The van der Waals surface area contributed by atoms with Crippen LogP contribution in [0.4, 0.5) is 4.79 Å². The molecular weight excluding hydrogens is 350 g/mol. The van der Waals surface area contributed by atoms with Gasteiger partial charge in [0, 0.05) is 53.1 Å². The Kier molecular flexibility index (Phi) is 3.50. The van der Waals surface area contributed by atoms with Crippen molar-refractivity contribution in [1.29, 1.82) is 0 Å². The van der Waals surface area contributed by atoms with E-state index >= 15 is 0 Å². The Hall–Kier alpha value is -2.47. The van der Waals surface area contributed by atoms with Crippen LogP contribution in [-0.4, -0.2) is 31.6 Å². The molecule has 0 spiro atoms. The monoisotopic (exact) mass is 369 g/mol. The first-order chi connectivity index (χ1) is 12.6. The Balaban J connectivity index is 1.36. The van der Waals surface area contributed by atoms with Gasteiger partial charge >= 0.3 is 6.03 Å². The van der Waals surface area contributed by atoms with E-state index in [-0.39, 0.29) is 12.1 Å². The van der Waals surface area contributed by atoms with E-state index < -0.39 is 0 Å². The summed E-state index contributed by atoms with van der Waals surface area (Å²) >= 11 is 6.32. The fourth-order valence-electron chi connectivity index (χ4n) is 4.26. The highest BCUT2D eigenvalue weighted by molar-refractivity contribution is 6.35. The highest BCUT2D eigenvalue weighted by Gasteiger charge is 2.32. The Labute approximate surface area is 156 Å². The van der Waals surface area contributed by atoms with Gasteiger partial charge in [0.2, 0.25) is 0 Å². The molecule has 0 saturated heterocycles. The zero-order chi connectivity index (χ0) is 17.8. The molecule has 4 heterocycles. The lowest BCUT2D eigenvalue weighted by Gasteiger charge is -2.30. The number of halogens is 1. The summed E-state index contributed by atoms with van der Waals surface area (Å²) in [6, 6.07) is 8.38. The van der Waals surface area contributed by atoms with Gasteiger partial charge < -0.3 is 19.4 Å². The van der Waals surface area contributed by atoms with E-state index in [1.54, 1.807) is 6.20 Å². The van der Waals surface area contributed by atoms with Gasteiger partial charge in [-0.3, -0.25) is 0 Å². The molecule has 0 aliphatic carbocycles. The van der Waals surface area contributed by atoms with Gasteiger partial charge in [-0.2, -0.15) is 0 Å². The van der Waals surface area contributed by atoms with Gasteiger partial charge in [-0.25, -0.2) is 9.78 Å². The standard InChI is InChI=1S/C19H20ClN5O/c1-12-9-16(18-21-5-6-24(12)18)22-19(26)23-7-8-25-13(11-23)10-14-15(20)3-2-4-17(14)25/h2-6,10,12,16H,7-9,11H2,1H3,(H,22,26)/t12-,16-/m0/s1. The Morgan fingerprint density at radius 3 is 3.12 bits per heavy atom. The smallest absolute Gasteiger partial charge is 0.318 e. The van der Waals surface area contributed by atoms with Crippen molar-refractivity contribution in [3.05, 3.63) is 53.2 Å². The highest BCUT2D eigenvalue weighted by Crippen LogP contribution is 2.33. The summed E-state index contributed by atoms with van der Waals surface area (Å²) in [6.07, 6.45) is 4.67. The minimum absolute atomic E-state index is 0.0188. The second-order valence-corrected chi connectivity index (χ2v) is 7.57. The molecule has 26 heavy (non-hydrogen) atoms. The van der Waals surface area contributed by atoms with Gasteiger partial charge in [0.1, 0.15) is 5.82 Å². The zero-order valence-corrected chi connectivity index (χ0v) is 15.3. The van der Waals surface area contributed by atoms with Crippen LogP contribution in [0.25, 0.3) is 10.9 Å². The molecule has 6 nitrogen and oxygen atoms in total. The Bertz CT molecular complexity index is 1010. The fourth-order valence-corrected chi connectivity index (χ4v) is 4.48. The first kappa shape index (κ1) is 15.8. The molecule has 134 valence electrons. The van der Waals surface area contributed by atoms with E-state index in [0.29, 0.717) is 19.1 Å². The van der Waals surface area contributed by atoms with Gasteiger partial charge in [-0.15, -0.1) is 0 Å². The van der Waals surface area contributed by atoms with Crippen molar-refractivity contribution >= 4 is 28.5 Å². The molecule has 7 heteroatoms. The van der Waals surface area contributed by atoms with Crippen LogP contribution in [0.3, 0.4) is 0 Å². The van der Waals surface area contributed by atoms with Crippen LogP contribution in [0.5, 0.6) is 0 Å². The minimum atomic E-state index is -0.0266. The van der Waals surface area contributed by atoms with Crippen molar-refractivity contribution in [1.82, 2.24) is 24.3 Å². The van der Waals surface area contributed by atoms with Crippen molar-refractivity contribution in [3.8, 4) is 0 Å². The second kappa shape index (κ2) is 5.77. The van der Waals surface area contributed by atoms with Crippen molar-refractivity contribution in [2.75, 3.05) is 6.54 Å². The lowest BCUT2D eigenvalue weighted by atomic mass is 10.2. The van der Waals surface area contributed by atoms with Crippen molar-refractivity contribution < 1.29 is 4.79 Å². The number of nitrogens with zero attached hydrogens (tertiary/aromatic N) is 4. The molecule has 0 unspecified atom stereocenters. The molecule has 1 aromatic carbocycles. The van der Waals surface area contributed by atoms with Crippen LogP contribution in [0.2, 0.25) is 5.02 Å². The van der Waals surface area contributed by atoms with Crippen LogP contribution >= 0.6 is 11.6 Å². The van der Waals surface area contributed by atoms with E-state index in [9.17, 15) is 4.79 Å². The largest absolute Gasteiger partial charge is 0.341 e. The molecule has 2 atom stereocenters. The number of rotatable bonds is 1. The van der Waals surface area contributed by atoms with Gasteiger partial charge in [0.15, 0.2) is 0 Å². The third kappa shape index (κ3) is 2.32. The third-order valence-corrected chi connectivity index (χ3v) is 5.90. The predicted octanol–water partition coefficient (Wildman–Crippen LogP) is 3.72. The molecule has 0 bridgehead atoms. The van der Waals surface area contributed by atoms with E-state index in [0.717, 1.165) is 40.4 Å². The number of fused-ring (bicyclic) bond motifs is 4. The third-order valence-electron chi connectivity index (χ3n) is 5.57. The quantitative estimate of drug-likeness (QED) is 0.710. The lowest BCUT2D eigenvalue weighted by molar-refractivity contribution is 0.179. The van der Waals surface area contributed by atoms with Gasteiger partial charge in [0.25, 0.3) is 0 Å². The summed E-state index contributed by atoms with van der Waals surface area (Å²) in [4.78, 5) is 19.1. The maximum atomic E-state index is 12.8. The van der Waals surface area contributed by atoms with Crippen molar-refractivity contribution in [2.45, 2.75) is 38.5 Å². The predicted molar refractivity (Wildman–Crippen MR) is 100 cm³/mol. The molecule has 2 aliphatic rings. The molecular formula is C19H20ClN5O. The number of carbonyl (C=O) groups excluding carboxylic acids is 1. The van der Waals surface area contributed by atoms with Gasteiger partial charge in [0.05, 0.1) is 12.6 Å². The molecule has 2 aromatic heterocycles. The summed E-state index contributed by atoms with van der Waals surface area (Å²) in [6.45, 7) is 4.21. The molecule has 2 amide bonds. The van der Waals surface area contributed by atoms with Crippen LogP contribution in [0.1, 0.15) is 36.9 Å². The SMILES string of the molecule is C[C@H]1C[C@H](NC(=O)N2CCn3c(cc4c(Cl)cccc43)C2)c2nccn21. The topological polar surface area (TPSA) is 55.1 Å². The van der Waals surface area contributed by atoms with E-state index in [1.165, 1.54) is 0 Å². The highest BCUT2D eigenvalue weighted by atomic mass is 35.5. The van der Waals surface area contributed by atoms with E-state index in [2.05, 4.69) is 38.5 Å². The van der Waals surface area contributed by atoms with E-state index in [1.807, 2.05) is 23.2 Å². The first-order valence-corrected chi connectivity index (χ1v) is 9.34. The van der Waals surface area contributed by atoms with Crippen LogP contribution in [-0.2, 0) is 13.1 Å². The number of nitrogens with one attached hydrogen (secondary N) is 1. The number of imidazole rings is 1. The number of amides is 2. The summed E-state index contributed by atoms with van der Waals surface area (Å²) in [5.74, 6) is 0.948. The molecule has 0 radical (unpaired) electrons. The molecule has 0 fully saturated rings. The van der Waals surface area contributed by atoms with E-state index in [4.69, 9.17) is 11.6 Å². The number of carbonyl (C=O) groups is 1. The van der Waals surface area contributed by atoms with Crippen molar-refractivity contribution in [2.24, 2.45) is 0 Å². The first-order valence-electron chi connectivity index (χ1n) is 8.96.